The van der Waals surface area contributed by atoms with Crippen molar-refractivity contribution in [3.05, 3.63) is 50.8 Å². The Morgan fingerprint density at radius 1 is 1.17 bits per heavy atom. The second-order valence-electron chi connectivity index (χ2n) is 5.87. The summed E-state index contributed by atoms with van der Waals surface area (Å²) in [6.45, 7) is 5.13. The molecule has 0 bridgehead atoms. The Kier molecular flexibility index (Phi) is 3.87. The summed E-state index contributed by atoms with van der Waals surface area (Å²) < 4.78 is 1.60. The lowest BCUT2D eigenvalue weighted by Gasteiger charge is -2.22. The molecule has 23 heavy (non-hydrogen) atoms. The van der Waals surface area contributed by atoms with Gasteiger partial charge >= 0.3 is 0 Å². The van der Waals surface area contributed by atoms with Crippen molar-refractivity contribution in [2.45, 2.75) is 26.7 Å². The van der Waals surface area contributed by atoms with E-state index in [1.165, 1.54) is 0 Å². The highest BCUT2D eigenvalue weighted by Gasteiger charge is 2.21. The topological polar surface area (TPSA) is 74.8 Å². The molecule has 0 fully saturated rings. The van der Waals surface area contributed by atoms with E-state index in [-0.39, 0.29) is 5.56 Å². The summed E-state index contributed by atoms with van der Waals surface area (Å²) >= 11 is 0. The van der Waals surface area contributed by atoms with Gasteiger partial charge in [-0.15, -0.1) is 0 Å². The minimum Gasteiger partial charge on any atom is -0.355 e. The van der Waals surface area contributed by atoms with E-state index >= 15 is 0 Å². The van der Waals surface area contributed by atoms with E-state index in [0.29, 0.717) is 37.3 Å². The third kappa shape index (κ3) is 2.70. The minimum absolute atomic E-state index is 0.0343. The van der Waals surface area contributed by atoms with Crippen molar-refractivity contribution in [3.8, 4) is 6.07 Å². The minimum atomic E-state index is 0.0343. The Morgan fingerprint density at radius 2 is 1.91 bits per heavy atom. The molecule has 2 aromatic heterocycles. The van der Waals surface area contributed by atoms with Crippen LogP contribution in [-0.4, -0.2) is 27.6 Å². The van der Waals surface area contributed by atoms with Gasteiger partial charge in [-0.1, -0.05) is 0 Å². The average Bonchev–Trinajstić information content (AvgIpc) is 2.75. The monoisotopic (exact) mass is 309 g/mol. The fraction of sp³-hybridized carbons (Fsp3) is 0.412. The van der Waals surface area contributed by atoms with Crippen molar-refractivity contribution in [1.82, 2.24) is 14.5 Å². The summed E-state index contributed by atoms with van der Waals surface area (Å²) in [6, 6.07) is 5.85. The average molecular weight is 309 g/mol. The number of fused-ring (bicyclic) bond motifs is 1. The maximum Gasteiger partial charge on any atom is 0.256 e. The van der Waals surface area contributed by atoms with Gasteiger partial charge in [-0.05, 0) is 32.4 Å². The highest BCUT2D eigenvalue weighted by Crippen LogP contribution is 2.21. The normalized spacial score (nSPS) is 14.1. The van der Waals surface area contributed by atoms with E-state index in [1.54, 1.807) is 17.7 Å². The van der Waals surface area contributed by atoms with Gasteiger partial charge in [0.15, 0.2) is 0 Å². The zero-order chi connectivity index (χ0) is 16.6. The van der Waals surface area contributed by atoms with Gasteiger partial charge in [0, 0.05) is 37.8 Å². The lowest BCUT2D eigenvalue weighted by atomic mass is 10.1. The van der Waals surface area contributed by atoms with Crippen molar-refractivity contribution >= 4 is 5.82 Å². The first-order valence-electron chi connectivity index (χ1n) is 7.69. The van der Waals surface area contributed by atoms with Crippen LogP contribution in [0.2, 0.25) is 0 Å². The predicted molar refractivity (Wildman–Crippen MR) is 87.5 cm³/mol. The van der Waals surface area contributed by atoms with Crippen LogP contribution in [-0.2, 0) is 19.9 Å². The number of nitriles is 1. The van der Waals surface area contributed by atoms with Crippen LogP contribution in [0.25, 0.3) is 0 Å². The van der Waals surface area contributed by atoms with Gasteiger partial charge in [-0.3, -0.25) is 9.36 Å². The van der Waals surface area contributed by atoms with E-state index in [2.05, 4.69) is 20.9 Å². The first kappa shape index (κ1) is 15.2. The number of hydrogen-bond donors (Lipinski definition) is 0. The van der Waals surface area contributed by atoms with Gasteiger partial charge in [0.1, 0.15) is 17.7 Å². The molecule has 0 N–H and O–H groups in total. The Hall–Kier alpha value is -2.68. The zero-order valence-corrected chi connectivity index (χ0v) is 13.6. The van der Waals surface area contributed by atoms with Gasteiger partial charge in [0.25, 0.3) is 5.56 Å². The van der Waals surface area contributed by atoms with E-state index in [1.807, 2.05) is 19.9 Å². The highest BCUT2D eigenvalue weighted by molar-refractivity contribution is 5.54. The number of nitrogens with zero attached hydrogens (tertiary/aromatic N) is 5. The fourth-order valence-electron chi connectivity index (χ4n) is 2.95. The summed E-state index contributed by atoms with van der Waals surface area (Å²) in [6.07, 6.45) is 1.31. The van der Waals surface area contributed by atoms with Crippen LogP contribution < -0.4 is 10.5 Å². The van der Waals surface area contributed by atoms with Crippen LogP contribution in [0.5, 0.6) is 0 Å². The third-order valence-electron chi connectivity index (χ3n) is 4.38. The van der Waals surface area contributed by atoms with E-state index in [9.17, 15) is 10.1 Å². The third-order valence-corrected chi connectivity index (χ3v) is 4.38. The standard InChI is InChI=1S/C17H19N5O/c1-11-4-5-13(10-18)16(19-11)22-8-6-14-15(7-9-22)20-12(2)21(3)17(14)23/h4-5H,6-9H2,1-3H3. The molecule has 0 saturated heterocycles. The van der Waals surface area contributed by atoms with Crippen molar-refractivity contribution in [2.75, 3.05) is 18.0 Å². The number of hydrogen-bond acceptors (Lipinski definition) is 5. The molecule has 0 atom stereocenters. The molecule has 0 aliphatic carbocycles. The molecular weight excluding hydrogens is 290 g/mol. The molecule has 0 unspecified atom stereocenters. The molecule has 0 spiro atoms. The molecule has 1 aliphatic rings. The quantitative estimate of drug-likeness (QED) is 0.793. The summed E-state index contributed by atoms with van der Waals surface area (Å²) in [7, 11) is 1.75. The van der Waals surface area contributed by atoms with Gasteiger partial charge in [-0.2, -0.15) is 5.26 Å². The van der Waals surface area contributed by atoms with Crippen LogP contribution in [0.3, 0.4) is 0 Å². The van der Waals surface area contributed by atoms with E-state index in [0.717, 1.165) is 22.8 Å². The van der Waals surface area contributed by atoms with E-state index in [4.69, 9.17) is 0 Å². The molecule has 3 rings (SSSR count). The number of anilines is 1. The smallest absolute Gasteiger partial charge is 0.256 e. The summed E-state index contributed by atoms with van der Waals surface area (Å²) in [5.74, 6) is 1.43. The maximum absolute atomic E-state index is 12.4. The first-order valence-corrected chi connectivity index (χ1v) is 7.69. The second kappa shape index (κ2) is 5.84. The van der Waals surface area contributed by atoms with Crippen LogP contribution in [0.1, 0.15) is 28.3 Å². The number of aromatic nitrogens is 3. The molecule has 0 aromatic carbocycles. The summed E-state index contributed by atoms with van der Waals surface area (Å²) in [5, 5.41) is 9.32. The van der Waals surface area contributed by atoms with E-state index < -0.39 is 0 Å². The van der Waals surface area contributed by atoms with Crippen LogP contribution in [0.4, 0.5) is 5.82 Å². The molecule has 0 amide bonds. The largest absolute Gasteiger partial charge is 0.355 e. The molecule has 6 heteroatoms. The van der Waals surface area contributed by atoms with Crippen LogP contribution >= 0.6 is 0 Å². The molecule has 0 saturated carbocycles. The SMILES string of the molecule is Cc1ccc(C#N)c(N2CCc3nc(C)n(C)c(=O)c3CC2)n1. The first-order chi connectivity index (χ1) is 11.0. The van der Waals surface area contributed by atoms with Crippen molar-refractivity contribution in [2.24, 2.45) is 7.05 Å². The lowest BCUT2D eigenvalue weighted by molar-refractivity contribution is 0.736. The van der Waals surface area contributed by atoms with Crippen LogP contribution in [0, 0.1) is 25.2 Å². The number of pyridine rings is 1. The van der Waals surface area contributed by atoms with Gasteiger partial charge in [0.2, 0.25) is 0 Å². The van der Waals surface area contributed by atoms with Crippen LogP contribution in [0.15, 0.2) is 16.9 Å². The Morgan fingerprint density at radius 3 is 2.65 bits per heavy atom. The van der Waals surface area contributed by atoms with Gasteiger partial charge in [-0.25, -0.2) is 9.97 Å². The molecule has 3 heterocycles. The number of aryl methyl sites for hydroxylation is 2. The zero-order valence-electron chi connectivity index (χ0n) is 13.6. The molecule has 118 valence electrons. The summed E-state index contributed by atoms with van der Waals surface area (Å²) in [4.78, 5) is 23.6. The molecule has 6 nitrogen and oxygen atoms in total. The lowest BCUT2D eigenvalue weighted by Crippen LogP contribution is -2.29. The maximum atomic E-state index is 12.4. The highest BCUT2D eigenvalue weighted by atomic mass is 16.1. The molecule has 1 aliphatic heterocycles. The summed E-state index contributed by atoms with van der Waals surface area (Å²) in [5.41, 5.74) is 3.14. The fourth-order valence-corrected chi connectivity index (χ4v) is 2.95. The van der Waals surface area contributed by atoms with Crippen molar-refractivity contribution in [3.63, 3.8) is 0 Å². The van der Waals surface area contributed by atoms with Gasteiger partial charge < -0.3 is 4.90 Å². The van der Waals surface area contributed by atoms with Crippen molar-refractivity contribution < 1.29 is 0 Å². The Labute approximate surface area is 135 Å². The second-order valence-corrected chi connectivity index (χ2v) is 5.87. The van der Waals surface area contributed by atoms with Crippen molar-refractivity contribution in [1.29, 1.82) is 5.26 Å². The molecular formula is C17H19N5O. The van der Waals surface area contributed by atoms with Gasteiger partial charge in [0.05, 0.1) is 11.3 Å². The molecule has 2 aromatic rings. The Bertz CT molecular complexity index is 863. The molecule has 0 radical (unpaired) electrons. The predicted octanol–water partition coefficient (Wildman–Crippen LogP) is 1.27. The number of rotatable bonds is 1. The Balaban J connectivity index is 1.98.